The normalized spacial score (nSPS) is 11.6. The number of alkyl halides is 2. The van der Waals surface area contributed by atoms with Crippen molar-refractivity contribution in [3.63, 3.8) is 0 Å². The molecule has 0 radical (unpaired) electrons. The number of benzene rings is 2. The number of hydrogen-bond donors (Lipinski definition) is 0. The first kappa shape index (κ1) is 16.3. The molecule has 106 valence electrons. The van der Waals surface area contributed by atoms with Gasteiger partial charge in [-0.25, -0.2) is 0 Å². The van der Waals surface area contributed by atoms with Crippen LogP contribution in [-0.2, 0) is 11.8 Å². The smallest absolute Gasteiger partial charge is 0.0187 e. The van der Waals surface area contributed by atoms with E-state index in [4.69, 9.17) is 0 Å². The summed E-state index contributed by atoms with van der Waals surface area (Å²) in [5, 5.41) is 1.87. The van der Waals surface area contributed by atoms with Crippen LogP contribution in [0.25, 0.3) is 0 Å². The highest BCUT2D eigenvalue weighted by Crippen LogP contribution is 2.33. The van der Waals surface area contributed by atoms with E-state index in [9.17, 15) is 0 Å². The van der Waals surface area contributed by atoms with Gasteiger partial charge in [-0.05, 0) is 36.6 Å². The summed E-state index contributed by atoms with van der Waals surface area (Å²) < 4.78 is 1.12. The Bertz CT molecular complexity index is 539. The third-order valence-corrected chi connectivity index (χ3v) is 6.31. The summed E-state index contributed by atoms with van der Waals surface area (Å²) in [5.74, 6) is 0. The number of hydrogen-bond acceptors (Lipinski definition) is 0. The van der Waals surface area contributed by atoms with Gasteiger partial charge in [0.05, 0.1) is 0 Å². The van der Waals surface area contributed by atoms with Gasteiger partial charge >= 0.3 is 0 Å². The molecule has 3 heteroatoms. The molecule has 0 spiro atoms. The van der Waals surface area contributed by atoms with Gasteiger partial charge in [-0.3, -0.25) is 0 Å². The van der Waals surface area contributed by atoms with E-state index in [0.717, 1.165) is 21.6 Å². The van der Waals surface area contributed by atoms with E-state index in [1.54, 1.807) is 0 Å². The van der Waals surface area contributed by atoms with Gasteiger partial charge < -0.3 is 0 Å². The third-order valence-electron chi connectivity index (χ3n) is 3.63. The van der Waals surface area contributed by atoms with Gasteiger partial charge in [0, 0.05) is 20.5 Å². The molecular formula is C17H17Br3. The summed E-state index contributed by atoms with van der Waals surface area (Å²) >= 11 is 10.9. The largest absolute Gasteiger partial charge is 0.0918 e. The highest BCUT2D eigenvalue weighted by atomic mass is 79.9. The summed E-state index contributed by atoms with van der Waals surface area (Å²) in [6.07, 6.45) is 1.01. The Kier molecular flexibility index (Phi) is 5.88. The summed E-state index contributed by atoms with van der Waals surface area (Å²) in [7, 11) is 0. The molecule has 0 amide bonds. The lowest BCUT2D eigenvalue weighted by atomic mass is 9.79. The third kappa shape index (κ3) is 3.75. The van der Waals surface area contributed by atoms with Crippen LogP contribution in [0.4, 0.5) is 0 Å². The zero-order valence-corrected chi connectivity index (χ0v) is 16.1. The molecular weight excluding hydrogens is 444 g/mol. The van der Waals surface area contributed by atoms with Crippen molar-refractivity contribution in [3.8, 4) is 0 Å². The first-order valence-electron chi connectivity index (χ1n) is 6.53. The minimum atomic E-state index is 0.0849. The number of halogens is 3. The maximum absolute atomic E-state index is 3.72. The van der Waals surface area contributed by atoms with Crippen LogP contribution >= 0.6 is 47.8 Å². The van der Waals surface area contributed by atoms with Crippen molar-refractivity contribution in [1.82, 2.24) is 0 Å². The maximum Gasteiger partial charge on any atom is 0.0187 e. The fraction of sp³-hybridized carbons (Fsp3) is 0.294. The van der Waals surface area contributed by atoms with Crippen molar-refractivity contribution in [2.75, 3.05) is 10.7 Å². The van der Waals surface area contributed by atoms with E-state index < -0.39 is 0 Å². The maximum atomic E-state index is 3.72. The fourth-order valence-corrected chi connectivity index (χ4v) is 4.52. The Labute approximate surface area is 146 Å². The monoisotopic (exact) mass is 458 g/mol. The van der Waals surface area contributed by atoms with Gasteiger partial charge in [-0.2, -0.15) is 0 Å². The van der Waals surface area contributed by atoms with Crippen LogP contribution in [0.5, 0.6) is 0 Å². The van der Waals surface area contributed by atoms with Crippen molar-refractivity contribution in [1.29, 1.82) is 0 Å². The molecule has 0 bridgehead atoms. The summed E-state index contributed by atoms with van der Waals surface area (Å²) in [6.45, 7) is 2.13. The quantitative estimate of drug-likeness (QED) is 0.478. The van der Waals surface area contributed by atoms with Crippen LogP contribution in [0.1, 0.15) is 16.7 Å². The average molecular weight is 461 g/mol. The Balaban J connectivity index is 2.33. The van der Waals surface area contributed by atoms with E-state index in [1.807, 2.05) is 0 Å². The van der Waals surface area contributed by atoms with E-state index in [-0.39, 0.29) is 5.41 Å². The second kappa shape index (κ2) is 7.24. The molecule has 0 aliphatic heterocycles. The van der Waals surface area contributed by atoms with Crippen LogP contribution in [0, 0.1) is 6.92 Å². The van der Waals surface area contributed by atoms with Crippen molar-refractivity contribution >= 4 is 47.8 Å². The molecule has 2 aromatic rings. The topological polar surface area (TPSA) is 0 Å². The molecule has 2 rings (SSSR count). The van der Waals surface area contributed by atoms with E-state index in [1.165, 1.54) is 16.7 Å². The van der Waals surface area contributed by atoms with Crippen molar-refractivity contribution in [2.24, 2.45) is 0 Å². The van der Waals surface area contributed by atoms with Crippen LogP contribution in [-0.4, -0.2) is 10.7 Å². The predicted octanol–water partition coefficient (Wildman–Crippen LogP) is 6.03. The lowest BCUT2D eigenvalue weighted by Crippen LogP contribution is -2.32. The molecule has 0 saturated heterocycles. The Morgan fingerprint density at radius 1 is 0.850 bits per heavy atom. The second-order valence-corrected chi connectivity index (χ2v) is 7.25. The first-order chi connectivity index (χ1) is 9.59. The van der Waals surface area contributed by atoms with E-state index in [0.29, 0.717) is 0 Å². The Hall–Kier alpha value is -0.120. The molecule has 0 nitrogen and oxygen atoms in total. The lowest BCUT2D eigenvalue weighted by molar-refractivity contribution is 0.551. The van der Waals surface area contributed by atoms with Gasteiger partial charge in [-0.15, -0.1) is 0 Å². The minimum Gasteiger partial charge on any atom is -0.0918 e. The summed E-state index contributed by atoms with van der Waals surface area (Å²) in [4.78, 5) is 0. The standard InChI is InChI=1S/C17H17Br3/c1-13-2-6-15(7-3-13)17(11-18,12-19)10-14-4-8-16(20)9-5-14/h2-9H,10-12H2,1H3. The minimum absolute atomic E-state index is 0.0849. The molecule has 0 heterocycles. The molecule has 0 saturated carbocycles. The number of rotatable bonds is 5. The molecule has 0 unspecified atom stereocenters. The van der Waals surface area contributed by atoms with E-state index >= 15 is 0 Å². The summed E-state index contributed by atoms with van der Waals surface area (Å²) in [6, 6.07) is 17.5. The highest BCUT2D eigenvalue weighted by Gasteiger charge is 2.30. The van der Waals surface area contributed by atoms with Crippen LogP contribution < -0.4 is 0 Å². The van der Waals surface area contributed by atoms with Gasteiger partial charge in [0.2, 0.25) is 0 Å². The van der Waals surface area contributed by atoms with Crippen LogP contribution in [0.3, 0.4) is 0 Å². The summed E-state index contributed by atoms with van der Waals surface area (Å²) in [5.41, 5.74) is 4.12. The SMILES string of the molecule is Cc1ccc(C(CBr)(CBr)Cc2ccc(Br)cc2)cc1. The average Bonchev–Trinajstić information content (AvgIpc) is 2.48. The highest BCUT2D eigenvalue weighted by molar-refractivity contribution is 9.10. The Morgan fingerprint density at radius 2 is 1.40 bits per heavy atom. The van der Waals surface area contributed by atoms with Crippen LogP contribution in [0.2, 0.25) is 0 Å². The zero-order valence-electron chi connectivity index (χ0n) is 11.4. The molecule has 0 aliphatic rings. The van der Waals surface area contributed by atoms with Gasteiger partial charge in [-0.1, -0.05) is 89.8 Å². The molecule has 0 aliphatic carbocycles. The molecule has 0 fully saturated rings. The first-order valence-corrected chi connectivity index (χ1v) is 9.57. The van der Waals surface area contributed by atoms with Crippen molar-refractivity contribution in [3.05, 3.63) is 69.7 Å². The predicted molar refractivity (Wildman–Crippen MR) is 98.3 cm³/mol. The molecule has 0 N–H and O–H groups in total. The van der Waals surface area contributed by atoms with E-state index in [2.05, 4.69) is 103 Å². The fourth-order valence-electron chi connectivity index (χ4n) is 2.29. The molecule has 20 heavy (non-hydrogen) atoms. The van der Waals surface area contributed by atoms with Crippen molar-refractivity contribution < 1.29 is 0 Å². The van der Waals surface area contributed by atoms with Gasteiger partial charge in [0.25, 0.3) is 0 Å². The van der Waals surface area contributed by atoms with Gasteiger partial charge in [0.15, 0.2) is 0 Å². The molecule has 0 aromatic heterocycles. The van der Waals surface area contributed by atoms with Crippen molar-refractivity contribution in [2.45, 2.75) is 18.8 Å². The lowest BCUT2D eigenvalue weighted by Gasteiger charge is -2.31. The second-order valence-electron chi connectivity index (χ2n) is 5.22. The number of aryl methyl sites for hydroxylation is 1. The zero-order chi connectivity index (χ0) is 14.6. The molecule has 2 aromatic carbocycles. The Morgan fingerprint density at radius 3 is 1.90 bits per heavy atom. The molecule has 0 atom stereocenters. The van der Waals surface area contributed by atoms with Crippen LogP contribution in [0.15, 0.2) is 53.0 Å². The van der Waals surface area contributed by atoms with Gasteiger partial charge in [0.1, 0.15) is 0 Å².